The number of hydrogen-bond donors (Lipinski definition) is 0. The lowest BCUT2D eigenvalue weighted by Gasteiger charge is -2.32. The molecule has 0 bridgehead atoms. The van der Waals surface area contributed by atoms with Gasteiger partial charge in [0, 0.05) is 31.0 Å². The second-order valence-electron chi connectivity index (χ2n) is 7.43. The first-order valence-corrected chi connectivity index (χ1v) is 9.69. The van der Waals surface area contributed by atoms with E-state index in [1.807, 2.05) is 0 Å². The van der Waals surface area contributed by atoms with Crippen LogP contribution in [-0.2, 0) is 9.63 Å². The van der Waals surface area contributed by atoms with Gasteiger partial charge in [0.05, 0.1) is 11.3 Å². The minimum Gasteiger partial charge on any atom is -0.382 e. The van der Waals surface area contributed by atoms with Gasteiger partial charge in [-0.15, -0.1) is 0 Å². The average molecular weight is 416 g/mol. The van der Waals surface area contributed by atoms with E-state index in [9.17, 15) is 22.8 Å². The topological polar surface area (TPSA) is 59.0 Å². The normalized spacial score (nSPS) is 19.4. The number of ketones is 1. The first-order valence-electron chi connectivity index (χ1n) is 9.69. The van der Waals surface area contributed by atoms with Crippen LogP contribution in [0.2, 0.25) is 0 Å². The molecule has 156 valence electrons. The second-order valence-corrected chi connectivity index (χ2v) is 7.43. The molecular weight excluding hydrogens is 397 g/mol. The van der Waals surface area contributed by atoms with Crippen molar-refractivity contribution in [2.24, 2.45) is 11.1 Å². The van der Waals surface area contributed by atoms with Crippen LogP contribution >= 0.6 is 0 Å². The van der Waals surface area contributed by atoms with Gasteiger partial charge in [0.15, 0.2) is 5.78 Å². The summed E-state index contributed by atoms with van der Waals surface area (Å²) in [6.45, 7) is 0.614. The molecule has 8 heteroatoms. The van der Waals surface area contributed by atoms with Crippen LogP contribution in [0.3, 0.4) is 0 Å². The van der Waals surface area contributed by atoms with Gasteiger partial charge in [0.25, 0.3) is 5.91 Å². The predicted molar refractivity (Wildman–Crippen MR) is 102 cm³/mol. The van der Waals surface area contributed by atoms with Gasteiger partial charge in [-0.25, -0.2) is 13.2 Å². The fourth-order valence-corrected chi connectivity index (χ4v) is 3.82. The molecule has 1 amide bonds. The van der Waals surface area contributed by atoms with Crippen LogP contribution in [0, 0.1) is 23.4 Å². The summed E-state index contributed by atoms with van der Waals surface area (Å²) in [6.07, 6.45) is 0.141. The number of nitrogens with zero attached hydrogens (tertiary/aromatic N) is 2. The van der Waals surface area contributed by atoms with Crippen LogP contribution in [0.1, 0.15) is 35.2 Å². The molecule has 1 saturated heterocycles. The number of oxime groups is 1. The van der Waals surface area contributed by atoms with E-state index in [0.29, 0.717) is 37.2 Å². The molecule has 30 heavy (non-hydrogen) atoms. The van der Waals surface area contributed by atoms with E-state index >= 15 is 0 Å². The van der Waals surface area contributed by atoms with E-state index in [4.69, 9.17) is 4.84 Å². The van der Waals surface area contributed by atoms with Crippen molar-refractivity contribution >= 4 is 17.4 Å². The number of halogens is 3. The summed E-state index contributed by atoms with van der Waals surface area (Å²) >= 11 is 0. The number of carbonyl (C=O) groups is 2. The zero-order valence-electron chi connectivity index (χ0n) is 16.0. The Morgan fingerprint density at radius 1 is 1.00 bits per heavy atom. The van der Waals surface area contributed by atoms with Crippen LogP contribution in [0.15, 0.2) is 47.6 Å². The zero-order valence-corrected chi connectivity index (χ0v) is 16.0. The van der Waals surface area contributed by atoms with E-state index in [1.54, 1.807) is 17.0 Å². The molecule has 2 aliphatic rings. The first-order chi connectivity index (χ1) is 14.4. The smallest absolute Gasteiger partial charge is 0.266 e. The number of carbonyl (C=O) groups excluding carboxylic acids is 2. The molecule has 4 rings (SSSR count). The van der Waals surface area contributed by atoms with Crippen molar-refractivity contribution in [1.82, 2.24) is 4.90 Å². The molecule has 1 fully saturated rings. The molecule has 0 spiro atoms. The molecule has 2 heterocycles. The van der Waals surface area contributed by atoms with Crippen molar-refractivity contribution in [2.45, 2.75) is 25.4 Å². The van der Waals surface area contributed by atoms with Crippen molar-refractivity contribution in [2.75, 3.05) is 13.1 Å². The summed E-state index contributed by atoms with van der Waals surface area (Å²) < 4.78 is 40.7. The van der Waals surface area contributed by atoms with Crippen LogP contribution < -0.4 is 0 Å². The monoisotopic (exact) mass is 416 g/mol. The van der Waals surface area contributed by atoms with Crippen molar-refractivity contribution in [3.63, 3.8) is 0 Å². The Kier molecular flexibility index (Phi) is 5.57. The third-order valence-corrected chi connectivity index (χ3v) is 5.47. The maximum Gasteiger partial charge on any atom is 0.266 e. The van der Waals surface area contributed by atoms with Crippen LogP contribution in [0.25, 0.3) is 0 Å². The van der Waals surface area contributed by atoms with Gasteiger partial charge in [-0.2, -0.15) is 0 Å². The largest absolute Gasteiger partial charge is 0.382 e. The highest BCUT2D eigenvalue weighted by Crippen LogP contribution is 2.26. The molecule has 1 atom stereocenters. The molecule has 0 N–H and O–H groups in total. The van der Waals surface area contributed by atoms with E-state index < -0.39 is 35.3 Å². The lowest BCUT2D eigenvalue weighted by molar-refractivity contribution is -0.143. The molecule has 0 radical (unpaired) electrons. The molecule has 2 aromatic rings. The number of rotatable bonds is 4. The Labute approximate surface area is 171 Å². The fourth-order valence-electron chi connectivity index (χ4n) is 3.82. The Balaban J connectivity index is 1.34. The van der Waals surface area contributed by atoms with Gasteiger partial charge in [-0.1, -0.05) is 17.3 Å². The molecule has 0 unspecified atom stereocenters. The highest BCUT2D eigenvalue weighted by molar-refractivity contribution is 6.04. The zero-order chi connectivity index (χ0) is 21.3. The number of hydrogen-bond acceptors (Lipinski definition) is 4. The standard InChI is InChI=1S/C22H19F3N2O3/c23-15-3-1-2-14(10-15)19-12-20(30-26-19)22(29)27-8-6-13(7-9-27)21(28)17-11-16(24)4-5-18(17)25/h1-5,10-11,13,20H,6-9,12H2/t20-/m0/s1. The van der Waals surface area contributed by atoms with Crippen LogP contribution in [0.5, 0.6) is 0 Å². The third kappa shape index (κ3) is 4.08. The molecule has 0 aromatic heterocycles. The number of piperidine rings is 1. The minimum atomic E-state index is -0.795. The van der Waals surface area contributed by atoms with Gasteiger partial charge in [0.1, 0.15) is 17.5 Å². The van der Waals surface area contributed by atoms with Crippen LogP contribution in [0.4, 0.5) is 13.2 Å². The van der Waals surface area contributed by atoms with E-state index in [2.05, 4.69) is 5.16 Å². The van der Waals surface area contributed by atoms with Crippen molar-refractivity contribution in [1.29, 1.82) is 0 Å². The van der Waals surface area contributed by atoms with E-state index in [-0.39, 0.29) is 17.9 Å². The minimum absolute atomic E-state index is 0.232. The summed E-state index contributed by atoms with van der Waals surface area (Å²) in [5.74, 6) is -3.00. The van der Waals surface area contributed by atoms with Crippen LogP contribution in [-0.4, -0.2) is 41.5 Å². The van der Waals surface area contributed by atoms with Crippen molar-refractivity contribution in [3.8, 4) is 0 Å². The number of likely N-dealkylation sites (tertiary alicyclic amines) is 1. The van der Waals surface area contributed by atoms with E-state index in [0.717, 1.165) is 18.2 Å². The lowest BCUT2D eigenvalue weighted by atomic mass is 9.88. The first kappa shape index (κ1) is 20.1. The summed E-state index contributed by atoms with van der Waals surface area (Å²) in [7, 11) is 0. The number of benzene rings is 2. The number of Topliss-reactive ketones (excluding diaryl/α,β-unsaturated/α-hetero) is 1. The quantitative estimate of drug-likeness (QED) is 0.714. The van der Waals surface area contributed by atoms with Crippen molar-refractivity contribution < 1.29 is 27.6 Å². The average Bonchev–Trinajstić information content (AvgIpc) is 3.25. The summed E-state index contributed by atoms with van der Waals surface area (Å²) in [6, 6.07) is 8.73. The Hall–Kier alpha value is -3.16. The SMILES string of the molecule is O=C(c1cc(F)ccc1F)C1CCN(C(=O)[C@@H]2CC(c3cccc(F)c3)=NO2)CC1. The Morgan fingerprint density at radius 3 is 2.47 bits per heavy atom. The molecule has 2 aromatic carbocycles. The lowest BCUT2D eigenvalue weighted by Crippen LogP contribution is -2.45. The highest BCUT2D eigenvalue weighted by atomic mass is 19.1. The summed E-state index contributed by atoms with van der Waals surface area (Å²) in [4.78, 5) is 32.1. The Bertz CT molecular complexity index is 1020. The van der Waals surface area contributed by atoms with Gasteiger partial charge >= 0.3 is 0 Å². The maximum atomic E-state index is 13.9. The van der Waals surface area contributed by atoms with Gasteiger partial charge in [-0.05, 0) is 43.2 Å². The van der Waals surface area contributed by atoms with Gasteiger partial charge < -0.3 is 9.74 Å². The molecule has 5 nitrogen and oxygen atoms in total. The van der Waals surface area contributed by atoms with E-state index in [1.165, 1.54) is 12.1 Å². The summed E-state index contributed by atoms with van der Waals surface area (Å²) in [5.41, 5.74) is 0.804. The molecular formula is C22H19F3N2O3. The van der Waals surface area contributed by atoms with Crippen molar-refractivity contribution in [3.05, 3.63) is 71.0 Å². The maximum absolute atomic E-state index is 13.9. The molecule has 0 saturated carbocycles. The number of amides is 1. The van der Waals surface area contributed by atoms with Gasteiger partial charge in [0.2, 0.25) is 6.10 Å². The third-order valence-electron chi connectivity index (χ3n) is 5.47. The predicted octanol–water partition coefficient (Wildman–Crippen LogP) is 3.72. The molecule has 2 aliphatic heterocycles. The Morgan fingerprint density at radius 2 is 1.73 bits per heavy atom. The fraction of sp³-hybridized carbons (Fsp3) is 0.318. The molecule has 0 aliphatic carbocycles. The highest BCUT2D eigenvalue weighted by Gasteiger charge is 2.36. The van der Waals surface area contributed by atoms with Gasteiger partial charge in [-0.3, -0.25) is 9.59 Å². The summed E-state index contributed by atoms with van der Waals surface area (Å²) in [5, 5.41) is 3.92. The second kappa shape index (κ2) is 8.30.